The zero-order valence-corrected chi connectivity index (χ0v) is 16.2. The minimum atomic E-state index is -4.55. The molecule has 0 bridgehead atoms. The van der Waals surface area contributed by atoms with Crippen molar-refractivity contribution in [3.63, 3.8) is 0 Å². The Morgan fingerprint density at radius 2 is 1.76 bits per heavy atom. The first-order valence-electron chi connectivity index (χ1n) is 9.01. The molecule has 0 N–H and O–H groups in total. The summed E-state index contributed by atoms with van der Waals surface area (Å²) in [4.78, 5) is 3.74. The van der Waals surface area contributed by atoms with E-state index in [9.17, 15) is 18.3 Å². The van der Waals surface area contributed by atoms with Crippen LogP contribution in [0.15, 0.2) is 65.8 Å². The smallest absolute Gasteiger partial charge is 0.418 e. The molecular formula is C21H19ClF3N3O. The molecule has 0 saturated heterocycles. The van der Waals surface area contributed by atoms with E-state index >= 15 is 0 Å². The molecule has 1 aromatic heterocycles. The van der Waals surface area contributed by atoms with Crippen molar-refractivity contribution in [2.24, 2.45) is 4.99 Å². The molecule has 4 rings (SSSR count). The average molecular weight is 422 g/mol. The predicted molar refractivity (Wildman–Crippen MR) is 104 cm³/mol. The number of alkyl halides is 3. The van der Waals surface area contributed by atoms with Crippen LogP contribution in [-0.4, -0.2) is 10.5 Å². The first-order valence-corrected chi connectivity index (χ1v) is 9.01. The van der Waals surface area contributed by atoms with E-state index in [1.54, 1.807) is 4.57 Å². The molecule has 152 valence electrons. The molecule has 0 fully saturated rings. The summed E-state index contributed by atoms with van der Waals surface area (Å²) in [5, 5.41) is 12.4. The van der Waals surface area contributed by atoms with Crippen molar-refractivity contribution in [2.45, 2.75) is 32.1 Å². The summed E-state index contributed by atoms with van der Waals surface area (Å²) in [6.07, 6.45) is -0.879. The Labute approximate surface area is 172 Å². The van der Waals surface area contributed by atoms with Crippen LogP contribution in [-0.2, 0) is 25.7 Å². The zero-order valence-electron chi connectivity index (χ0n) is 15.4. The van der Waals surface area contributed by atoms with Crippen molar-refractivity contribution in [2.75, 3.05) is 0 Å². The highest BCUT2D eigenvalue weighted by Crippen LogP contribution is 2.36. The van der Waals surface area contributed by atoms with Gasteiger partial charge in [0, 0.05) is 11.5 Å². The lowest BCUT2D eigenvalue weighted by atomic mass is 10.2. The van der Waals surface area contributed by atoms with Gasteiger partial charge in [0.25, 0.3) is 5.82 Å². The normalized spacial score (nSPS) is 13.8. The van der Waals surface area contributed by atoms with Crippen LogP contribution < -0.4 is 9.67 Å². The predicted octanol–water partition coefficient (Wildman–Crippen LogP) is 3.92. The van der Waals surface area contributed by atoms with E-state index in [2.05, 4.69) is 9.56 Å². The van der Waals surface area contributed by atoms with Crippen LogP contribution in [0.1, 0.15) is 17.8 Å². The molecule has 8 heteroatoms. The lowest BCUT2D eigenvalue weighted by Gasteiger charge is -2.13. The van der Waals surface area contributed by atoms with Crippen LogP contribution in [0.5, 0.6) is 0 Å². The molecule has 0 radical (unpaired) electrons. The fraction of sp³-hybridized carbons (Fsp3) is 0.238. The number of hydrogen-bond acceptors (Lipinski definition) is 2. The number of imidazole rings is 1. The van der Waals surface area contributed by atoms with Gasteiger partial charge >= 0.3 is 6.18 Å². The number of para-hydroxylation sites is 1. The second-order valence-electron chi connectivity index (χ2n) is 6.70. The van der Waals surface area contributed by atoms with Crippen molar-refractivity contribution in [1.29, 1.82) is 0 Å². The lowest BCUT2D eigenvalue weighted by Crippen LogP contribution is -2.43. The number of aromatic nitrogens is 2. The Bertz CT molecular complexity index is 1030. The van der Waals surface area contributed by atoms with Crippen LogP contribution in [0.4, 0.5) is 18.9 Å². The SMILES string of the molecule is Cl.[O-]C(C[n+]1cc(-c2ccccc2)n2c1CCC2)=Nc1ccccc1C(F)(F)F. The molecule has 3 aromatic rings. The van der Waals surface area contributed by atoms with Gasteiger partial charge in [0.2, 0.25) is 0 Å². The maximum atomic E-state index is 13.1. The third-order valence-electron chi connectivity index (χ3n) is 4.82. The summed E-state index contributed by atoms with van der Waals surface area (Å²) in [5.41, 5.74) is 0.785. The largest absolute Gasteiger partial charge is 0.859 e. The number of rotatable bonds is 4. The van der Waals surface area contributed by atoms with Crippen LogP contribution in [0.2, 0.25) is 0 Å². The molecule has 0 amide bonds. The highest BCUT2D eigenvalue weighted by atomic mass is 35.5. The van der Waals surface area contributed by atoms with Crippen LogP contribution in [0.3, 0.4) is 0 Å². The van der Waals surface area contributed by atoms with Gasteiger partial charge in [0.05, 0.1) is 24.2 Å². The van der Waals surface area contributed by atoms with E-state index in [1.165, 1.54) is 18.2 Å². The summed E-state index contributed by atoms with van der Waals surface area (Å²) in [6.45, 7) is 0.767. The first-order chi connectivity index (χ1) is 13.4. The van der Waals surface area contributed by atoms with E-state index in [0.29, 0.717) is 0 Å². The second-order valence-corrected chi connectivity index (χ2v) is 6.70. The number of hydrogen-bond donors (Lipinski definition) is 0. The Kier molecular flexibility index (Phi) is 5.98. The van der Waals surface area contributed by atoms with Crippen molar-refractivity contribution < 1.29 is 22.8 Å². The average Bonchev–Trinajstić information content (AvgIpc) is 3.26. The zero-order chi connectivity index (χ0) is 19.7. The topological polar surface area (TPSA) is 44.2 Å². The standard InChI is InChI=1S/C21H18F3N3O.ClH/c22-21(23,24)16-9-4-5-10-17(16)25-19(28)14-26-13-18(15-7-2-1-3-8-15)27-12-6-11-20(26)27;/h1-5,7-10,13H,6,11-12,14H2;1H. The van der Waals surface area contributed by atoms with Crippen molar-refractivity contribution in [3.05, 3.63) is 72.2 Å². The number of benzene rings is 2. The van der Waals surface area contributed by atoms with E-state index in [4.69, 9.17) is 0 Å². The maximum absolute atomic E-state index is 13.1. The van der Waals surface area contributed by atoms with Crippen molar-refractivity contribution in [1.82, 2.24) is 4.57 Å². The monoisotopic (exact) mass is 421 g/mol. The highest BCUT2D eigenvalue weighted by molar-refractivity contribution is 5.85. The molecule has 4 nitrogen and oxygen atoms in total. The molecule has 2 aromatic carbocycles. The van der Waals surface area contributed by atoms with Gasteiger partial charge in [0.1, 0.15) is 12.7 Å². The van der Waals surface area contributed by atoms with Gasteiger partial charge in [-0.3, -0.25) is 4.99 Å². The highest BCUT2D eigenvalue weighted by Gasteiger charge is 2.33. The fourth-order valence-electron chi connectivity index (χ4n) is 3.61. The summed E-state index contributed by atoms with van der Waals surface area (Å²) >= 11 is 0. The van der Waals surface area contributed by atoms with Crippen molar-refractivity contribution in [3.8, 4) is 11.3 Å². The van der Waals surface area contributed by atoms with E-state index in [-0.39, 0.29) is 24.6 Å². The summed E-state index contributed by atoms with van der Waals surface area (Å²) in [6, 6.07) is 14.7. The van der Waals surface area contributed by atoms with Gasteiger partial charge in [-0.2, -0.15) is 13.2 Å². The molecule has 0 saturated carbocycles. The number of aliphatic imine (C=N–C) groups is 1. The van der Waals surface area contributed by atoms with Gasteiger partial charge in [-0.05, 0) is 18.6 Å². The van der Waals surface area contributed by atoms with E-state index in [0.717, 1.165) is 42.5 Å². The van der Waals surface area contributed by atoms with E-state index < -0.39 is 17.6 Å². The molecule has 29 heavy (non-hydrogen) atoms. The molecule has 0 unspecified atom stereocenters. The molecule has 2 heterocycles. The maximum Gasteiger partial charge on any atom is 0.418 e. The van der Waals surface area contributed by atoms with Gasteiger partial charge < -0.3 is 5.11 Å². The third-order valence-corrected chi connectivity index (χ3v) is 4.82. The molecular weight excluding hydrogens is 403 g/mol. The van der Waals surface area contributed by atoms with Gasteiger partial charge in [-0.1, -0.05) is 42.5 Å². The molecule has 1 aliphatic heterocycles. The Hall–Kier alpha value is -2.80. The number of fused-ring (bicyclic) bond motifs is 1. The quantitative estimate of drug-likeness (QED) is 0.358. The molecule has 0 atom stereocenters. The minimum Gasteiger partial charge on any atom is -0.859 e. The third kappa shape index (κ3) is 4.29. The van der Waals surface area contributed by atoms with Gasteiger partial charge in [-0.15, -0.1) is 12.4 Å². The van der Waals surface area contributed by atoms with Gasteiger partial charge in [-0.25, -0.2) is 9.13 Å². The van der Waals surface area contributed by atoms with Crippen LogP contribution in [0.25, 0.3) is 11.3 Å². The van der Waals surface area contributed by atoms with Crippen molar-refractivity contribution >= 4 is 24.0 Å². The number of nitrogens with zero attached hydrogens (tertiary/aromatic N) is 3. The molecule has 0 spiro atoms. The Morgan fingerprint density at radius 1 is 1.07 bits per heavy atom. The lowest BCUT2D eigenvalue weighted by molar-refractivity contribution is -0.693. The fourth-order valence-corrected chi connectivity index (χ4v) is 3.61. The molecule has 1 aliphatic rings. The minimum absolute atomic E-state index is 0. The number of halogens is 4. The first kappa shape index (κ1) is 20.9. The summed E-state index contributed by atoms with van der Waals surface area (Å²) in [5.74, 6) is 0.383. The molecule has 0 aliphatic carbocycles. The van der Waals surface area contributed by atoms with Crippen LogP contribution in [0, 0.1) is 0 Å². The van der Waals surface area contributed by atoms with E-state index in [1.807, 2.05) is 36.5 Å². The van der Waals surface area contributed by atoms with Gasteiger partial charge in [0.15, 0.2) is 5.69 Å². The second kappa shape index (κ2) is 8.29. The Morgan fingerprint density at radius 3 is 2.48 bits per heavy atom. The summed E-state index contributed by atoms with van der Waals surface area (Å²) < 4.78 is 43.3. The van der Waals surface area contributed by atoms with Crippen LogP contribution >= 0.6 is 12.4 Å². The Balaban J connectivity index is 0.00000240. The summed E-state index contributed by atoms with van der Waals surface area (Å²) in [7, 11) is 0.